The van der Waals surface area contributed by atoms with E-state index >= 15 is 0 Å². The molecular formula is C14H22N2O3. The zero-order valence-corrected chi connectivity index (χ0v) is 11.4. The Kier molecular flexibility index (Phi) is 4.99. The second-order valence-corrected chi connectivity index (χ2v) is 5.21. The normalized spacial score (nSPS) is 17.7. The second kappa shape index (κ2) is 6.73. The van der Waals surface area contributed by atoms with Gasteiger partial charge in [0.15, 0.2) is 5.75 Å². The highest BCUT2D eigenvalue weighted by molar-refractivity contribution is 5.15. The quantitative estimate of drug-likeness (QED) is 0.837. The maximum Gasteiger partial charge on any atom is 0.226 e. The second-order valence-electron chi connectivity index (χ2n) is 5.21. The molecule has 0 aliphatic carbocycles. The molecule has 2 heterocycles. The number of hydrogen-bond acceptors (Lipinski definition) is 5. The molecule has 0 bridgehead atoms. The van der Waals surface area contributed by atoms with Crippen LogP contribution in [0.25, 0.3) is 0 Å². The lowest BCUT2D eigenvalue weighted by Gasteiger charge is -2.31. The summed E-state index contributed by atoms with van der Waals surface area (Å²) in [6.45, 7) is 3.81. The monoisotopic (exact) mass is 266 g/mol. The lowest BCUT2D eigenvalue weighted by atomic mass is 9.93. The van der Waals surface area contributed by atoms with Gasteiger partial charge in [0.2, 0.25) is 5.43 Å². The van der Waals surface area contributed by atoms with Gasteiger partial charge in [-0.15, -0.1) is 0 Å². The first kappa shape index (κ1) is 14.1. The third-order valence-electron chi connectivity index (χ3n) is 3.76. The smallest absolute Gasteiger partial charge is 0.226 e. The first-order chi connectivity index (χ1) is 9.19. The maximum atomic E-state index is 11.3. The van der Waals surface area contributed by atoms with Crippen molar-refractivity contribution >= 4 is 0 Å². The van der Waals surface area contributed by atoms with Gasteiger partial charge in [0, 0.05) is 6.07 Å². The van der Waals surface area contributed by atoms with Gasteiger partial charge >= 0.3 is 0 Å². The maximum absolute atomic E-state index is 11.3. The van der Waals surface area contributed by atoms with Crippen molar-refractivity contribution in [1.82, 2.24) is 10.2 Å². The zero-order chi connectivity index (χ0) is 13.7. The number of likely N-dealkylation sites (tertiary alicyclic amines) is 1. The van der Waals surface area contributed by atoms with Gasteiger partial charge in [0.1, 0.15) is 12.0 Å². The minimum atomic E-state index is -0.370. The summed E-state index contributed by atoms with van der Waals surface area (Å²) >= 11 is 0. The first-order valence-corrected chi connectivity index (χ1v) is 6.86. The van der Waals surface area contributed by atoms with Gasteiger partial charge in [-0.05, 0) is 51.9 Å². The van der Waals surface area contributed by atoms with Crippen LogP contribution in [0.3, 0.4) is 0 Å². The molecule has 5 heteroatoms. The largest absolute Gasteiger partial charge is 0.502 e. The van der Waals surface area contributed by atoms with Gasteiger partial charge in [-0.25, -0.2) is 0 Å². The van der Waals surface area contributed by atoms with Gasteiger partial charge in [-0.2, -0.15) is 0 Å². The number of rotatable bonds is 5. The van der Waals surface area contributed by atoms with E-state index in [4.69, 9.17) is 9.52 Å². The van der Waals surface area contributed by atoms with Gasteiger partial charge < -0.3 is 14.8 Å². The van der Waals surface area contributed by atoms with E-state index in [-0.39, 0.29) is 11.2 Å². The molecule has 2 rings (SSSR count). The molecule has 0 amide bonds. The van der Waals surface area contributed by atoms with Crippen LogP contribution in [0.5, 0.6) is 5.75 Å². The number of hydrogen-bond donors (Lipinski definition) is 2. The molecule has 0 spiro atoms. The van der Waals surface area contributed by atoms with Crippen molar-refractivity contribution in [3.05, 3.63) is 28.3 Å². The van der Waals surface area contributed by atoms with E-state index in [1.165, 1.54) is 25.3 Å². The molecule has 0 aromatic carbocycles. The fraction of sp³-hybridized carbons (Fsp3) is 0.643. The molecule has 1 aromatic rings. The van der Waals surface area contributed by atoms with Crippen LogP contribution < -0.4 is 10.7 Å². The van der Waals surface area contributed by atoms with Crippen molar-refractivity contribution in [2.45, 2.75) is 25.8 Å². The summed E-state index contributed by atoms with van der Waals surface area (Å²) in [5, 5.41) is 12.3. The molecule has 1 saturated heterocycles. The van der Waals surface area contributed by atoms with Crippen molar-refractivity contribution in [2.75, 3.05) is 26.7 Å². The van der Waals surface area contributed by atoms with E-state index in [2.05, 4.69) is 10.2 Å². The van der Waals surface area contributed by atoms with E-state index in [0.29, 0.717) is 12.3 Å². The third-order valence-corrected chi connectivity index (χ3v) is 3.76. The molecule has 0 saturated carbocycles. The Bertz CT molecular complexity index is 450. The molecule has 1 aliphatic heterocycles. The number of piperidine rings is 1. The van der Waals surface area contributed by atoms with Crippen LogP contribution in [0, 0.1) is 5.92 Å². The number of nitrogens with one attached hydrogen (secondary N) is 1. The summed E-state index contributed by atoms with van der Waals surface area (Å²) in [7, 11) is 1.99. The van der Waals surface area contributed by atoms with Crippen molar-refractivity contribution in [3.8, 4) is 5.75 Å². The summed E-state index contributed by atoms with van der Waals surface area (Å²) in [5.74, 6) is 1.10. The average Bonchev–Trinajstić information content (AvgIpc) is 2.42. The zero-order valence-electron chi connectivity index (χ0n) is 11.4. The number of aromatic hydroxyl groups is 1. The van der Waals surface area contributed by atoms with E-state index in [1.54, 1.807) is 0 Å². The molecule has 1 fully saturated rings. The molecule has 5 nitrogen and oxygen atoms in total. The van der Waals surface area contributed by atoms with Crippen LogP contribution in [0.2, 0.25) is 0 Å². The highest BCUT2D eigenvalue weighted by Crippen LogP contribution is 2.21. The Morgan fingerprint density at radius 3 is 2.84 bits per heavy atom. The van der Waals surface area contributed by atoms with E-state index < -0.39 is 0 Å². The van der Waals surface area contributed by atoms with Crippen LogP contribution in [0.15, 0.2) is 21.5 Å². The molecule has 1 aromatic heterocycles. The van der Waals surface area contributed by atoms with E-state index in [1.807, 2.05) is 7.05 Å². The summed E-state index contributed by atoms with van der Waals surface area (Å²) in [6, 6.07) is 1.38. The lowest BCUT2D eigenvalue weighted by Crippen LogP contribution is -2.34. The Hall–Kier alpha value is -1.33. The predicted octanol–water partition coefficient (Wildman–Crippen LogP) is 1.17. The standard InChI is InChI=1S/C14H22N2O3/c1-15-5-2-11-3-6-16(7-4-11)9-12-8-13(17)14(18)10-19-12/h8,10-11,15,18H,2-7,9H2,1H3. The van der Waals surface area contributed by atoms with Gasteiger partial charge in [0.25, 0.3) is 0 Å². The van der Waals surface area contributed by atoms with Crippen LogP contribution in [-0.2, 0) is 6.54 Å². The number of nitrogens with zero attached hydrogens (tertiary/aromatic N) is 1. The SMILES string of the molecule is CNCCC1CCN(Cc2cc(=O)c(O)co2)CC1. The molecule has 2 N–H and O–H groups in total. The Labute approximate surface area is 113 Å². The molecule has 1 aliphatic rings. The van der Waals surface area contributed by atoms with Crippen LogP contribution >= 0.6 is 0 Å². The third kappa shape index (κ3) is 4.08. The minimum Gasteiger partial charge on any atom is -0.502 e. The van der Waals surface area contributed by atoms with Crippen molar-refractivity contribution < 1.29 is 9.52 Å². The van der Waals surface area contributed by atoms with Crippen molar-refractivity contribution in [3.63, 3.8) is 0 Å². The summed E-state index contributed by atoms with van der Waals surface area (Å²) in [4.78, 5) is 13.6. The highest BCUT2D eigenvalue weighted by Gasteiger charge is 2.19. The van der Waals surface area contributed by atoms with Crippen molar-refractivity contribution in [2.24, 2.45) is 5.92 Å². The van der Waals surface area contributed by atoms with Crippen LogP contribution in [0.1, 0.15) is 25.0 Å². The summed E-state index contributed by atoms with van der Waals surface area (Å²) in [6.07, 6.45) is 4.75. The van der Waals surface area contributed by atoms with Gasteiger partial charge in [-0.1, -0.05) is 0 Å². The average molecular weight is 266 g/mol. The fourth-order valence-electron chi connectivity index (χ4n) is 2.53. The van der Waals surface area contributed by atoms with E-state index in [9.17, 15) is 4.79 Å². The molecule has 0 atom stereocenters. The molecular weight excluding hydrogens is 244 g/mol. The van der Waals surface area contributed by atoms with Crippen molar-refractivity contribution in [1.29, 1.82) is 0 Å². The fourth-order valence-corrected chi connectivity index (χ4v) is 2.53. The van der Waals surface area contributed by atoms with Gasteiger partial charge in [0.05, 0.1) is 6.54 Å². The predicted molar refractivity (Wildman–Crippen MR) is 73.2 cm³/mol. The van der Waals surface area contributed by atoms with E-state index in [0.717, 1.165) is 31.8 Å². The Morgan fingerprint density at radius 1 is 1.47 bits per heavy atom. The minimum absolute atomic E-state index is 0.325. The van der Waals surface area contributed by atoms with Crippen LogP contribution in [-0.4, -0.2) is 36.7 Å². The first-order valence-electron chi connectivity index (χ1n) is 6.86. The topological polar surface area (TPSA) is 65.7 Å². The molecule has 0 unspecified atom stereocenters. The Balaban J connectivity index is 1.82. The lowest BCUT2D eigenvalue weighted by molar-refractivity contribution is 0.160. The molecule has 106 valence electrons. The van der Waals surface area contributed by atoms with Crippen LogP contribution in [0.4, 0.5) is 0 Å². The summed E-state index contributed by atoms with van der Waals surface area (Å²) in [5.41, 5.74) is -0.370. The Morgan fingerprint density at radius 2 is 2.21 bits per heavy atom. The molecule has 19 heavy (non-hydrogen) atoms. The van der Waals surface area contributed by atoms with Gasteiger partial charge in [-0.3, -0.25) is 9.69 Å². The highest BCUT2D eigenvalue weighted by atomic mass is 16.4. The molecule has 0 radical (unpaired) electrons. The summed E-state index contributed by atoms with van der Waals surface area (Å²) < 4.78 is 5.23.